The van der Waals surface area contributed by atoms with E-state index in [4.69, 9.17) is 4.74 Å². The third-order valence-electron chi connectivity index (χ3n) is 2.31. The molecule has 0 bridgehead atoms. The first-order valence-corrected chi connectivity index (χ1v) is 5.28. The van der Waals surface area contributed by atoms with E-state index >= 15 is 0 Å². The molecule has 0 radical (unpaired) electrons. The highest BCUT2D eigenvalue weighted by Crippen LogP contribution is 2.21. The van der Waals surface area contributed by atoms with E-state index in [1.807, 2.05) is 25.1 Å². The molecular weight excluding hydrogens is 224 g/mol. The monoisotopic (exact) mass is 235 g/mol. The minimum atomic E-state index is -1.16. The molecule has 0 N–H and O–H groups in total. The lowest BCUT2D eigenvalue weighted by Crippen LogP contribution is -1.94. The number of benzene rings is 1. The summed E-state index contributed by atoms with van der Waals surface area (Å²) in [7, 11) is 0. The molecule has 1 aromatic carbocycles. The van der Waals surface area contributed by atoms with Gasteiger partial charge in [0.15, 0.2) is 5.82 Å². The number of aromatic nitrogens is 1. The molecule has 0 saturated heterocycles. The van der Waals surface area contributed by atoms with Gasteiger partial charge in [0.05, 0.1) is 0 Å². The van der Waals surface area contributed by atoms with E-state index in [-0.39, 0.29) is 5.88 Å². The molecule has 0 unspecified atom stereocenters. The predicted molar refractivity (Wildman–Crippen MR) is 60.0 cm³/mol. The number of hydrogen-bond acceptors (Lipinski definition) is 2. The number of aryl methyl sites for hydroxylation is 1. The molecule has 2 rings (SSSR count). The second-order valence-electron chi connectivity index (χ2n) is 3.53. The molecule has 1 heterocycles. The zero-order chi connectivity index (χ0) is 12.3. The third-order valence-corrected chi connectivity index (χ3v) is 2.31. The Kier molecular flexibility index (Phi) is 3.32. The number of rotatable bonds is 3. The van der Waals surface area contributed by atoms with Gasteiger partial charge < -0.3 is 4.74 Å². The molecule has 0 saturated carbocycles. The average molecular weight is 235 g/mol. The van der Waals surface area contributed by atoms with Gasteiger partial charge in [-0.3, -0.25) is 0 Å². The van der Waals surface area contributed by atoms with Crippen molar-refractivity contribution in [1.29, 1.82) is 0 Å². The van der Waals surface area contributed by atoms with Crippen LogP contribution in [0.15, 0.2) is 36.4 Å². The van der Waals surface area contributed by atoms with E-state index < -0.39 is 11.8 Å². The van der Waals surface area contributed by atoms with Crippen LogP contribution >= 0.6 is 0 Å². The van der Waals surface area contributed by atoms with Gasteiger partial charge in [-0.05, 0) is 30.2 Å². The Morgan fingerprint density at radius 2 is 2.00 bits per heavy atom. The zero-order valence-corrected chi connectivity index (χ0v) is 9.28. The van der Waals surface area contributed by atoms with Crippen LogP contribution in [0.3, 0.4) is 0 Å². The van der Waals surface area contributed by atoms with Crippen LogP contribution in [0.2, 0.25) is 0 Å². The maximum atomic E-state index is 12.9. The Morgan fingerprint density at radius 3 is 2.71 bits per heavy atom. The van der Waals surface area contributed by atoms with Crippen LogP contribution in [0, 0.1) is 11.8 Å². The lowest BCUT2D eigenvalue weighted by molar-refractivity contribution is 0.421. The normalized spacial score (nSPS) is 10.3. The highest BCUT2D eigenvalue weighted by molar-refractivity contribution is 5.31. The summed E-state index contributed by atoms with van der Waals surface area (Å²) < 4.78 is 30.9. The maximum absolute atomic E-state index is 12.9. The van der Waals surface area contributed by atoms with Crippen molar-refractivity contribution in [3.05, 3.63) is 53.7 Å². The Hall–Kier alpha value is -1.97. The van der Waals surface area contributed by atoms with Crippen molar-refractivity contribution >= 4 is 0 Å². The van der Waals surface area contributed by atoms with Gasteiger partial charge >= 0.3 is 0 Å². The van der Waals surface area contributed by atoms with E-state index in [9.17, 15) is 8.78 Å². The highest BCUT2D eigenvalue weighted by atomic mass is 19.2. The molecule has 0 atom stereocenters. The van der Waals surface area contributed by atoms with Crippen molar-refractivity contribution in [2.24, 2.45) is 0 Å². The minimum Gasteiger partial charge on any atom is -0.439 e. The first-order valence-electron chi connectivity index (χ1n) is 5.28. The maximum Gasteiger partial charge on any atom is 0.252 e. The largest absolute Gasteiger partial charge is 0.439 e. The van der Waals surface area contributed by atoms with E-state index in [2.05, 4.69) is 4.98 Å². The molecule has 0 aliphatic rings. The van der Waals surface area contributed by atoms with Crippen LogP contribution in [0.4, 0.5) is 8.78 Å². The molecule has 0 amide bonds. The highest BCUT2D eigenvalue weighted by Gasteiger charge is 2.06. The second-order valence-corrected chi connectivity index (χ2v) is 3.53. The molecule has 17 heavy (non-hydrogen) atoms. The summed E-state index contributed by atoms with van der Waals surface area (Å²) in [6.45, 7) is 2.02. The van der Waals surface area contributed by atoms with E-state index in [0.29, 0.717) is 5.75 Å². The molecule has 0 aliphatic heterocycles. The summed E-state index contributed by atoms with van der Waals surface area (Å²) in [4.78, 5) is 3.36. The summed E-state index contributed by atoms with van der Waals surface area (Å²) in [6, 6.07) is 9.66. The summed E-state index contributed by atoms with van der Waals surface area (Å²) in [5.74, 6) is -1.55. The smallest absolute Gasteiger partial charge is 0.252 e. The molecule has 1 aromatic heterocycles. The molecule has 0 fully saturated rings. The van der Waals surface area contributed by atoms with E-state index in [1.54, 1.807) is 6.07 Å². The van der Waals surface area contributed by atoms with Crippen molar-refractivity contribution < 1.29 is 13.5 Å². The molecular formula is C13H11F2NO. The zero-order valence-electron chi connectivity index (χ0n) is 9.28. The fraction of sp³-hybridized carbons (Fsp3) is 0.154. The van der Waals surface area contributed by atoms with Crippen LogP contribution < -0.4 is 4.74 Å². The Bertz CT molecular complexity index is 529. The minimum absolute atomic E-state index is 0.0390. The molecule has 2 nitrogen and oxygen atoms in total. The van der Waals surface area contributed by atoms with Crippen molar-refractivity contribution in [2.75, 3.05) is 0 Å². The predicted octanol–water partition coefficient (Wildman–Crippen LogP) is 3.71. The summed E-state index contributed by atoms with van der Waals surface area (Å²) >= 11 is 0. The van der Waals surface area contributed by atoms with Crippen molar-refractivity contribution in [2.45, 2.75) is 13.3 Å². The van der Waals surface area contributed by atoms with Gasteiger partial charge in [0.25, 0.3) is 5.95 Å². The molecule has 0 aliphatic carbocycles. The lowest BCUT2D eigenvalue weighted by Gasteiger charge is -2.06. The SMILES string of the molecule is CCc1cccc(Oc2ccc(F)c(F)n2)c1. The fourth-order valence-corrected chi connectivity index (χ4v) is 1.41. The van der Waals surface area contributed by atoms with Crippen molar-refractivity contribution in [3.63, 3.8) is 0 Å². The topological polar surface area (TPSA) is 22.1 Å². The summed E-state index contributed by atoms with van der Waals surface area (Å²) in [5.41, 5.74) is 1.10. The first-order chi connectivity index (χ1) is 8.19. The molecule has 4 heteroatoms. The fourth-order valence-electron chi connectivity index (χ4n) is 1.41. The number of hydrogen-bond donors (Lipinski definition) is 0. The van der Waals surface area contributed by atoms with Crippen LogP contribution in [0.25, 0.3) is 0 Å². The number of pyridine rings is 1. The van der Waals surface area contributed by atoms with Gasteiger partial charge in [0.1, 0.15) is 5.75 Å². The van der Waals surface area contributed by atoms with Crippen LogP contribution in [-0.2, 0) is 6.42 Å². The number of ether oxygens (including phenoxy) is 1. The van der Waals surface area contributed by atoms with Gasteiger partial charge in [-0.2, -0.15) is 9.37 Å². The van der Waals surface area contributed by atoms with Gasteiger partial charge in [0, 0.05) is 6.07 Å². The second kappa shape index (κ2) is 4.91. The van der Waals surface area contributed by atoms with Gasteiger partial charge in [-0.1, -0.05) is 19.1 Å². The van der Waals surface area contributed by atoms with Crippen LogP contribution in [0.5, 0.6) is 11.6 Å². The molecule has 88 valence electrons. The van der Waals surface area contributed by atoms with Crippen molar-refractivity contribution in [1.82, 2.24) is 4.98 Å². The number of nitrogens with zero attached hydrogens (tertiary/aromatic N) is 1. The van der Waals surface area contributed by atoms with Gasteiger partial charge in [-0.15, -0.1) is 0 Å². The Balaban J connectivity index is 2.22. The Morgan fingerprint density at radius 1 is 1.18 bits per heavy atom. The Labute approximate surface area is 97.9 Å². The first kappa shape index (κ1) is 11.5. The van der Waals surface area contributed by atoms with Crippen LogP contribution in [-0.4, -0.2) is 4.98 Å². The molecule has 2 aromatic rings. The average Bonchev–Trinajstić information content (AvgIpc) is 2.34. The quantitative estimate of drug-likeness (QED) is 0.756. The molecule has 0 spiro atoms. The van der Waals surface area contributed by atoms with E-state index in [1.165, 1.54) is 6.07 Å². The van der Waals surface area contributed by atoms with Gasteiger partial charge in [-0.25, -0.2) is 4.39 Å². The van der Waals surface area contributed by atoms with Crippen molar-refractivity contribution in [3.8, 4) is 11.6 Å². The standard InChI is InChI=1S/C13H11F2NO/c1-2-9-4-3-5-10(8-9)17-12-7-6-11(14)13(15)16-12/h3-8H,2H2,1H3. The lowest BCUT2D eigenvalue weighted by atomic mass is 10.2. The summed E-state index contributed by atoms with van der Waals surface area (Å²) in [5, 5.41) is 0. The van der Waals surface area contributed by atoms with Crippen LogP contribution in [0.1, 0.15) is 12.5 Å². The third kappa shape index (κ3) is 2.78. The van der Waals surface area contributed by atoms with Gasteiger partial charge in [0.2, 0.25) is 5.88 Å². The number of halogens is 2. The summed E-state index contributed by atoms with van der Waals surface area (Å²) in [6.07, 6.45) is 0.877. The van der Waals surface area contributed by atoms with E-state index in [0.717, 1.165) is 18.1 Å².